The lowest BCUT2D eigenvalue weighted by atomic mass is 9.84. The van der Waals surface area contributed by atoms with E-state index in [9.17, 15) is 24.5 Å². The van der Waals surface area contributed by atoms with E-state index in [2.05, 4.69) is 10.3 Å². The van der Waals surface area contributed by atoms with Gasteiger partial charge < -0.3 is 25.4 Å². The first-order chi connectivity index (χ1) is 15.4. The number of carboxylic acid groups (broad SMARTS) is 1. The molecule has 0 saturated carbocycles. The number of hydrogen-bond acceptors (Lipinski definition) is 6. The van der Waals surface area contributed by atoms with Crippen LogP contribution >= 0.6 is 0 Å². The molecule has 32 heavy (non-hydrogen) atoms. The number of rotatable bonds is 6. The van der Waals surface area contributed by atoms with Gasteiger partial charge in [-0.25, -0.2) is 14.2 Å². The number of benzene rings is 2. The lowest BCUT2D eigenvalue weighted by Crippen LogP contribution is -2.34. The zero-order valence-electron chi connectivity index (χ0n) is 17.6. The van der Waals surface area contributed by atoms with Crippen LogP contribution in [-0.4, -0.2) is 52.1 Å². The second-order valence-electron chi connectivity index (χ2n) is 8.02. The van der Waals surface area contributed by atoms with Gasteiger partial charge in [-0.3, -0.25) is 0 Å². The summed E-state index contributed by atoms with van der Waals surface area (Å²) < 4.78 is 19.6. The molecule has 0 bridgehead atoms. The average molecular weight is 440 g/mol. The molecule has 1 atom stereocenters. The molecule has 1 aliphatic rings. The van der Waals surface area contributed by atoms with E-state index in [1.54, 1.807) is 31.2 Å². The minimum absolute atomic E-state index is 0.0189. The van der Waals surface area contributed by atoms with Crippen LogP contribution in [0.25, 0.3) is 22.0 Å². The van der Waals surface area contributed by atoms with Crippen molar-refractivity contribution in [2.45, 2.75) is 31.7 Å². The van der Waals surface area contributed by atoms with Crippen LogP contribution in [0.4, 0.5) is 10.2 Å². The predicted octanol–water partition coefficient (Wildman–Crippen LogP) is 3.81. The number of aryl methyl sites for hydroxylation is 1. The molecule has 1 aromatic heterocycles. The number of aliphatic hydroxyl groups excluding tert-OH is 1. The summed E-state index contributed by atoms with van der Waals surface area (Å²) in [5.74, 6) is -1.16. The number of phenols is 1. The molecule has 0 unspecified atom stereocenters. The minimum Gasteiger partial charge on any atom is -0.508 e. The van der Waals surface area contributed by atoms with E-state index >= 15 is 0 Å². The summed E-state index contributed by atoms with van der Waals surface area (Å²) in [6.45, 7) is 2.19. The zero-order valence-corrected chi connectivity index (χ0v) is 17.6. The Labute approximate surface area is 184 Å². The van der Waals surface area contributed by atoms with Crippen molar-refractivity contribution in [3.05, 3.63) is 53.3 Å². The summed E-state index contributed by atoms with van der Waals surface area (Å²) in [6.07, 6.45) is 1.42. The number of nitrogens with zero attached hydrogens (tertiary/aromatic N) is 1. The van der Waals surface area contributed by atoms with Crippen molar-refractivity contribution < 1.29 is 29.2 Å². The van der Waals surface area contributed by atoms with E-state index in [1.807, 2.05) is 0 Å². The molecule has 2 aromatic carbocycles. The minimum atomic E-state index is -1.25. The first-order valence-corrected chi connectivity index (χ1v) is 10.5. The topological polar surface area (TPSA) is 112 Å². The maximum absolute atomic E-state index is 14.1. The van der Waals surface area contributed by atoms with Crippen molar-refractivity contribution in [1.82, 2.24) is 4.98 Å². The van der Waals surface area contributed by atoms with Gasteiger partial charge in [0.2, 0.25) is 0 Å². The Morgan fingerprint density at radius 3 is 2.66 bits per heavy atom. The number of halogens is 1. The van der Waals surface area contributed by atoms with Crippen molar-refractivity contribution in [1.29, 1.82) is 0 Å². The molecule has 4 rings (SSSR count). The molecule has 1 aliphatic heterocycles. The van der Waals surface area contributed by atoms with Crippen LogP contribution in [0.2, 0.25) is 0 Å². The number of aromatic hydroxyl groups is 1. The third-order valence-electron chi connectivity index (χ3n) is 5.88. The Morgan fingerprint density at radius 1 is 1.25 bits per heavy atom. The Balaban J connectivity index is 2.04. The number of fused-ring (bicyclic) bond motifs is 1. The summed E-state index contributed by atoms with van der Waals surface area (Å²) in [5, 5.41) is 32.8. The zero-order chi connectivity index (χ0) is 22.8. The van der Waals surface area contributed by atoms with Gasteiger partial charge in [0.15, 0.2) is 0 Å². The van der Waals surface area contributed by atoms with Gasteiger partial charge in [-0.15, -0.1) is 0 Å². The molecule has 3 aromatic rings. The van der Waals surface area contributed by atoms with E-state index in [4.69, 9.17) is 4.74 Å². The first-order valence-electron chi connectivity index (χ1n) is 10.5. The number of anilines is 1. The van der Waals surface area contributed by atoms with Crippen LogP contribution in [0.3, 0.4) is 0 Å². The molecule has 8 heteroatoms. The Bertz CT molecular complexity index is 1160. The first kappa shape index (κ1) is 22.0. The van der Waals surface area contributed by atoms with Gasteiger partial charge in [0.1, 0.15) is 23.4 Å². The normalized spacial score (nSPS) is 15.6. The Morgan fingerprint density at radius 2 is 2.00 bits per heavy atom. The van der Waals surface area contributed by atoms with Gasteiger partial charge in [-0.2, -0.15) is 0 Å². The molecule has 168 valence electrons. The maximum atomic E-state index is 14.1. The molecule has 7 nitrogen and oxygen atoms in total. The highest BCUT2D eigenvalue weighted by Gasteiger charge is 2.28. The predicted molar refractivity (Wildman–Crippen MR) is 118 cm³/mol. The summed E-state index contributed by atoms with van der Waals surface area (Å²) in [4.78, 5) is 16.3. The number of ether oxygens (including phenoxy) is 1. The number of carboxylic acids is 1. The molecule has 1 fully saturated rings. The van der Waals surface area contributed by atoms with Crippen molar-refractivity contribution >= 4 is 22.7 Å². The molecule has 4 N–H and O–H groups in total. The number of nitrogens with one attached hydrogen (secondary N) is 1. The molecule has 0 spiro atoms. The monoisotopic (exact) mass is 440 g/mol. The number of pyridine rings is 1. The fourth-order valence-corrected chi connectivity index (χ4v) is 4.22. The largest absolute Gasteiger partial charge is 0.508 e. The van der Waals surface area contributed by atoms with Gasteiger partial charge in [-0.1, -0.05) is 6.07 Å². The fraction of sp³-hybridized carbons (Fsp3) is 0.333. The van der Waals surface area contributed by atoms with Crippen molar-refractivity contribution in [2.75, 3.05) is 25.1 Å². The Hall–Kier alpha value is -3.23. The van der Waals surface area contributed by atoms with Crippen LogP contribution in [0, 0.1) is 12.7 Å². The number of hydrogen-bond donors (Lipinski definition) is 4. The van der Waals surface area contributed by atoms with E-state index in [-0.39, 0.29) is 17.5 Å². The van der Waals surface area contributed by atoms with Gasteiger partial charge in [0.25, 0.3) is 0 Å². The van der Waals surface area contributed by atoms with Crippen LogP contribution in [0.5, 0.6) is 5.75 Å². The number of phenolic OH excluding ortho intramolecular Hbond substituents is 1. The van der Waals surface area contributed by atoms with Crippen molar-refractivity contribution in [2.24, 2.45) is 0 Å². The van der Waals surface area contributed by atoms with Gasteiger partial charge in [0, 0.05) is 30.2 Å². The smallest absolute Gasteiger partial charge is 0.328 e. The number of aromatic nitrogens is 1. The third-order valence-corrected chi connectivity index (χ3v) is 5.88. The second kappa shape index (κ2) is 9.10. The molecular weight excluding hydrogens is 415 g/mol. The SMILES string of the molecule is Cc1cc(-c2c(C3CCOCC3)c(N[C@@H](CO)C(=O)O)nc3cc(O)ccc23)ccc1F. The molecular formula is C24H25FN2O5. The van der Waals surface area contributed by atoms with Crippen molar-refractivity contribution in [3.63, 3.8) is 0 Å². The van der Waals surface area contributed by atoms with Gasteiger partial charge >= 0.3 is 5.97 Å². The highest BCUT2D eigenvalue weighted by molar-refractivity contribution is 5.99. The van der Waals surface area contributed by atoms with E-state index < -0.39 is 18.6 Å². The second-order valence-corrected chi connectivity index (χ2v) is 8.02. The van der Waals surface area contributed by atoms with Crippen molar-refractivity contribution in [3.8, 4) is 16.9 Å². The van der Waals surface area contributed by atoms with E-state index in [1.165, 1.54) is 12.1 Å². The molecule has 0 amide bonds. The quantitative estimate of drug-likeness (QED) is 0.461. The third kappa shape index (κ3) is 4.24. The highest BCUT2D eigenvalue weighted by atomic mass is 19.1. The number of carbonyl (C=O) groups is 1. The van der Waals surface area contributed by atoms with Crippen LogP contribution < -0.4 is 5.32 Å². The average Bonchev–Trinajstić information content (AvgIpc) is 2.78. The van der Waals surface area contributed by atoms with Gasteiger partial charge in [-0.05, 0) is 66.6 Å². The fourth-order valence-electron chi connectivity index (χ4n) is 4.22. The van der Waals surface area contributed by atoms with Gasteiger partial charge in [0.05, 0.1) is 12.1 Å². The lowest BCUT2D eigenvalue weighted by Gasteiger charge is -2.29. The number of aliphatic carboxylic acids is 1. The standard InChI is InChI=1S/C24H25FN2O5/c1-13-10-15(2-5-18(13)25)21-17-4-3-16(29)11-19(17)26-23(27-20(12-28)24(30)31)22(21)14-6-8-32-9-7-14/h2-5,10-11,14,20,28-29H,6-9,12H2,1H3,(H,26,27)(H,30,31)/t20-/m0/s1. The van der Waals surface area contributed by atoms with Crippen LogP contribution in [-0.2, 0) is 9.53 Å². The Kier molecular flexibility index (Phi) is 6.25. The van der Waals surface area contributed by atoms with Crippen LogP contribution in [0.15, 0.2) is 36.4 Å². The van der Waals surface area contributed by atoms with Crippen LogP contribution in [0.1, 0.15) is 29.9 Å². The molecule has 1 saturated heterocycles. The molecule has 0 aliphatic carbocycles. The summed E-state index contributed by atoms with van der Waals surface area (Å²) in [5.41, 5.74) is 3.31. The highest BCUT2D eigenvalue weighted by Crippen LogP contribution is 2.43. The lowest BCUT2D eigenvalue weighted by molar-refractivity contribution is -0.138. The van der Waals surface area contributed by atoms with E-state index in [0.29, 0.717) is 43.0 Å². The summed E-state index contributed by atoms with van der Waals surface area (Å²) in [7, 11) is 0. The molecule has 0 radical (unpaired) electrons. The maximum Gasteiger partial charge on any atom is 0.328 e. The summed E-state index contributed by atoms with van der Waals surface area (Å²) >= 11 is 0. The summed E-state index contributed by atoms with van der Waals surface area (Å²) in [6, 6.07) is 8.44. The van der Waals surface area contributed by atoms with E-state index in [0.717, 1.165) is 22.1 Å². The molecule has 2 heterocycles. The number of aliphatic hydroxyl groups is 1.